The van der Waals surface area contributed by atoms with Crippen LogP contribution in [0, 0.1) is 0 Å². The summed E-state index contributed by atoms with van der Waals surface area (Å²) in [5, 5.41) is 9.60. The van der Waals surface area contributed by atoms with Crippen molar-refractivity contribution in [1.82, 2.24) is 0 Å². The van der Waals surface area contributed by atoms with Gasteiger partial charge < -0.3 is 9.32 Å². The molecule has 9 aromatic carbocycles. The number of furan rings is 1. The molecule has 0 aliphatic heterocycles. The molecule has 3 heteroatoms. The van der Waals surface area contributed by atoms with Gasteiger partial charge in [-0.05, 0) is 92.8 Å². The standard InChI is InChI=1S/C50H31NOS/c1-2-11-32(12-3-1)34-23-25-38(26-24-34)51(45-19-10-18-42-41-17-8-9-20-47(41)53-50(42)45)39-27-28-46-43(31-39)44-30-36-15-6-7-16-40(36)48(49(44)52-46)37-22-21-33-13-4-5-14-35(33)29-37/h1-31H. The Kier molecular flexibility index (Phi) is 6.76. The maximum atomic E-state index is 6.86. The molecule has 0 aliphatic carbocycles. The van der Waals surface area contributed by atoms with Gasteiger partial charge in [-0.2, -0.15) is 0 Å². The molecule has 248 valence electrons. The van der Waals surface area contributed by atoms with E-state index in [1.807, 2.05) is 11.3 Å². The topological polar surface area (TPSA) is 16.4 Å². The van der Waals surface area contributed by atoms with E-state index in [-0.39, 0.29) is 0 Å². The van der Waals surface area contributed by atoms with Gasteiger partial charge in [0.1, 0.15) is 11.2 Å². The number of anilines is 3. The zero-order valence-corrected chi connectivity index (χ0v) is 29.5. The third kappa shape index (κ3) is 4.86. The van der Waals surface area contributed by atoms with E-state index in [9.17, 15) is 0 Å². The van der Waals surface area contributed by atoms with Gasteiger partial charge in [0.25, 0.3) is 0 Å². The smallest absolute Gasteiger partial charge is 0.143 e. The van der Waals surface area contributed by atoms with E-state index >= 15 is 0 Å². The van der Waals surface area contributed by atoms with Crippen molar-refractivity contribution in [3.63, 3.8) is 0 Å². The van der Waals surface area contributed by atoms with Gasteiger partial charge >= 0.3 is 0 Å². The second-order valence-corrected chi connectivity index (χ2v) is 14.7. The monoisotopic (exact) mass is 693 g/mol. The zero-order valence-electron chi connectivity index (χ0n) is 28.7. The molecule has 0 fully saturated rings. The lowest BCUT2D eigenvalue weighted by molar-refractivity contribution is 0.670. The van der Waals surface area contributed by atoms with E-state index in [1.54, 1.807) is 0 Å². The summed E-state index contributed by atoms with van der Waals surface area (Å²) in [5.74, 6) is 0. The maximum absolute atomic E-state index is 6.86. The highest BCUT2D eigenvalue weighted by atomic mass is 32.1. The van der Waals surface area contributed by atoms with Crippen LogP contribution >= 0.6 is 11.3 Å². The van der Waals surface area contributed by atoms with Crippen molar-refractivity contribution in [2.75, 3.05) is 4.90 Å². The Balaban J connectivity index is 1.15. The molecule has 11 aromatic rings. The molecule has 0 unspecified atom stereocenters. The number of rotatable bonds is 5. The Bertz CT molecular complexity index is 3170. The molecule has 0 N–H and O–H groups in total. The summed E-state index contributed by atoms with van der Waals surface area (Å²) in [5.41, 5.74) is 9.81. The maximum Gasteiger partial charge on any atom is 0.143 e. The first-order valence-corrected chi connectivity index (χ1v) is 18.8. The average molecular weight is 694 g/mol. The molecule has 0 spiro atoms. The van der Waals surface area contributed by atoms with Crippen molar-refractivity contribution in [3.05, 3.63) is 188 Å². The molecular weight excluding hydrogens is 663 g/mol. The molecular formula is C50H31NOS. The van der Waals surface area contributed by atoms with Crippen LogP contribution in [0.15, 0.2) is 192 Å². The minimum absolute atomic E-state index is 0.876. The Morgan fingerprint density at radius 2 is 1.08 bits per heavy atom. The number of hydrogen-bond acceptors (Lipinski definition) is 3. The van der Waals surface area contributed by atoms with E-state index in [1.165, 1.54) is 52.8 Å². The van der Waals surface area contributed by atoms with Crippen molar-refractivity contribution in [1.29, 1.82) is 0 Å². The summed E-state index contributed by atoms with van der Waals surface area (Å²) in [6.07, 6.45) is 0. The highest BCUT2D eigenvalue weighted by Crippen LogP contribution is 2.47. The quantitative estimate of drug-likeness (QED) is 0.178. The average Bonchev–Trinajstić information content (AvgIpc) is 3.79. The van der Waals surface area contributed by atoms with Gasteiger partial charge in [-0.3, -0.25) is 0 Å². The number of fused-ring (bicyclic) bond motifs is 8. The Morgan fingerprint density at radius 1 is 0.396 bits per heavy atom. The summed E-state index contributed by atoms with van der Waals surface area (Å²) in [6.45, 7) is 0. The first-order valence-electron chi connectivity index (χ1n) is 18.0. The summed E-state index contributed by atoms with van der Waals surface area (Å²) in [6, 6.07) is 67.9. The number of hydrogen-bond donors (Lipinski definition) is 0. The van der Waals surface area contributed by atoms with E-state index in [2.05, 4.69) is 193 Å². The van der Waals surface area contributed by atoms with Gasteiger partial charge in [0, 0.05) is 43.2 Å². The van der Waals surface area contributed by atoms with E-state index in [4.69, 9.17) is 4.42 Å². The predicted molar refractivity (Wildman–Crippen MR) is 227 cm³/mol. The van der Waals surface area contributed by atoms with Gasteiger partial charge in [0.05, 0.1) is 10.4 Å². The fraction of sp³-hybridized carbons (Fsp3) is 0. The van der Waals surface area contributed by atoms with Crippen molar-refractivity contribution in [2.45, 2.75) is 0 Å². The first kappa shape index (κ1) is 30.0. The Morgan fingerprint density at radius 3 is 1.94 bits per heavy atom. The van der Waals surface area contributed by atoms with E-state index < -0.39 is 0 Å². The van der Waals surface area contributed by atoms with Crippen LogP contribution in [0.25, 0.3) is 85.9 Å². The van der Waals surface area contributed by atoms with Crippen LogP contribution in [0.2, 0.25) is 0 Å². The third-order valence-electron chi connectivity index (χ3n) is 10.6. The SMILES string of the molecule is c1ccc(-c2ccc(N(c3ccc4oc5c(-c6ccc7ccccc7c6)c6ccccc6cc5c4c3)c3cccc4c3sc3ccccc34)cc2)cc1. The molecule has 11 rings (SSSR count). The summed E-state index contributed by atoms with van der Waals surface area (Å²) >= 11 is 1.86. The molecule has 0 amide bonds. The van der Waals surface area contributed by atoms with Crippen LogP contribution < -0.4 is 4.90 Å². The van der Waals surface area contributed by atoms with Crippen LogP contribution in [0.4, 0.5) is 17.1 Å². The van der Waals surface area contributed by atoms with E-state index in [0.29, 0.717) is 0 Å². The lowest BCUT2D eigenvalue weighted by atomic mass is 9.93. The van der Waals surface area contributed by atoms with Crippen LogP contribution in [-0.2, 0) is 0 Å². The van der Waals surface area contributed by atoms with Crippen LogP contribution in [0.1, 0.15) is 0 Å². The van der Waals surface area contributed by atoms with Crippen LogP contribution in [-0.4, -0.2) is 0 Å². The van der Waals surface area contributed by atoms with Gasteiger partial charge in [-0.15, -0.1) is 11.3 Å². The third-order valence-corrected chi connectivity index (χ3v) is 11.8. The largest absolute Gasteiger partial charge is 0.455 e. The minimum atomic E-state index is 0.876. The van der Waals surface area contributed by atoms with Crippen molar-refractivity contribution in [3.8, 4) is 22.3 Å². The van der Waals surface area contributed by atoms with Gasteiger partial charge in [0.15, 0.2) is 0 Å². The highest BCUT2D eigenvalue weighted by Gasteiger charge is 2.21. The number of nitrogens with zero attached hydrogens (tertiary/aromatic N) is 1. The van der Waals surface area contributed by atoms with Gasteiger partial charge in [-0.25, -0.2) is 0 Å². The van der Waals surface area contributed by atoms with Gasteiger partial charge in [0.2, 0.25) is 0 Å². The number of thiophene rings is 1. The normalized spacial score (nSPS) is 11.8. The van der Waals surface area contributed by atoms with Crippen LogP contribution in [0.3, 0.4) is 0 Å². The van der Waals surface area contributed by atoms with Crippen molar-refractivity contribution >= 4 is 92.1 Å². The summed E-state index contributed by atoms with van der Waals surface area (Å²) < 4.78 is 9.42. The zero-order chi connectivity index (χ0) is 34.9. The fourth-order valence-corrected chi connectivity index (χ4v) is 9.31. The van der Waals surface area contributed by atoms with Gasteiger partial charge in [-0.1, -0.05) is 133 Å². The lowest BCUT2D eigenvalue weighted by Crippen LogP contribution is -2.10. The molecule has 2 heterocycles. The van der Waals surface area contributed by atoms with E-state index in [0.717, 1.165) is 50.1 Å². The lowest BCUT2D eigenvalue weighted by Gasteiger charge is -2.26. The molecule has 2 nitrogen and oxygen atoms in total. The van der Waals surface area contributed by atoms with Crippen molar-refractivity contribution in [2.24, 2.45) is 0 Å². The Labute approximate surface area is 310 Å². The molecule has 0 bridgehead atoms. The Hall–Kier alpha value is -6.68. The molecule has 0 saturated carbocycles. The molecule has 0 saturated heterocycles. The van der Waals surface area contributed by atoms with Crippen LogP contribution in [0.5, 0.6) is 0 Å². The summed E-state index contributed by atoms with van der Waals surface area (Å²) in [4.78, 5) is 2.41. The molecule has 2 aromatic heterocycles. The summed E-state index contributed by atoms with van der Waals surface area (Å²) in [7, 11) is 0. The van der Waals surface area contributed by atoms with Crippen molar-refractivity contribution < 1.29 is 4.42 Å². The second-order valence-electron chi connectivity index (χ2n) is 13.7. The first-order chi connectivity index (χ1) is 26.3. The number of benzene rings is 9. The molecule has 0 aliphatic rings. The molecule has 53 heavy (non-hydrogen) atoms. The predicted octanol–water partition coefficient (Wildman–Crippen LogP) is 15.1. The minimum Gasteiger partial charge on any atom is -0.455 e. The molecule has 0 radical (unpaired) electrons. The fourth-order valence-electron chi connectivity index (χ4n) is 8.10. The molecule has 0 atom stereocenters. The highest BCUT2D eigenvalue weighted by molar-refractivity contribution is 7.26. The second kappa shape index (κ2) is 11.9.